The van der Waals surface area contributed by atoms with Gasteiger partial charge in [-0.05, 0) is 18.6 Å². The number of nitrogens with zero attached hydrogens (tertiary/aromatic N) is 3. The highest BCUT2D eigenvalue weighted by atomic mass is 35.5. The van der Waals surface area contributed by atoms with Crippen molar-refractivity contribution in [3.63, 3.8) is 0 Å². The van der Waals surface area contributed by atoms with E-state index in [1.165, 1.54) is 9.78 Å². The van der Waals surface area contributed by atoms with Gasteiger partial charge in [0, 0.05) is 56.7 Å². The second kappa shape index (κ2) is 8.33. The largest absolute Gasteiger partial charge is 0.401 e. The second-order valence-corrected chi connectivity index (χ2v) is 8.55. The third-order valence-electron chi connectivity index (χ3n) is 4.67. The minimum atomic E-state index is -4.19. The van der Waals surface area contributed by atoms with Crippen molar-refractivity contribution in [1.29, 1.82) is 0 Å². The molecule has 2 fully saturated rings. The van der Waals surface area contributed by atoms with E-state index in [1.54, 1.807) is 16.2 Å². The van der Waals surface area contributed by atoms with Gasteiger partial charge in [0.05, 0.1) is 10.9 Å². The normalized spacial score (nSPS) is 22.8. The van der Waals surface area contributed by atoms with E-state index in [1.807, 2.05) is 12.1 Å². The second-order valence-electron chi connectivity index (χ2n) is 6.75. The van der Waals surface area contributed by atoms with Gasteiger partial charge in [0.25, 0.3) is 0 Å². The van der Waals surface area contributed by atoms with Crippen LogP contribution < -0.4 is 5.32 Å². The summed E-state index contributed by atoms with van der Waals surface area (Å²) < 4.78 is 38.1. The van der Waals surface area contributed by atoms with Gasteiger partial charge >= 0.3 is 12.2 Å². The number of alkyl halides is 3. The Bertz CT molecular complexity index is 619. The molecule has 0 aromatic carbocycles. The lowest BCUT2D eigenvalue weighted by Gasteiger charge is -2.35. The first kappa shape index (κ1) is 19.7. The molecule has 2 amide bonds. The van der Waals surface area contributed by atoms with Gasteiger partial charge < -0.3 is 10.2 Å². The van der Waals surface area contributed by atoms with Crippen LogP contribution in [0.4, 0.5) is 18.0 Å². The van der Waals surface area contributed by atoms with Crippen LogP contribution in [-0.2, 0) is 6.54 Å². The number of carbonyl (C=O) groups is 1. The van der Waals surface area contributed by atoms with Crippen LogP contribution in [-0.4, -0.2) is 78.8 Å². The van der Waals surface area contributed by atoms with Crippen molar-refractivity contribution in [3.05, 3.63) is 21.3 Å². The zero-order chi connectivity index (χ0) is 18.7. The summed E-state index contributed by atoms with van der Waals surface area (Å²) in [5.41, 5.74) is 0. The minimum absolute atomic E-state index is 0.178. The van der Waals surface area contributed by atoms with Crippen LogP contribution in [0.3, 0.4) is 0 Å². The molecule has 0 spiro atoms. The maximum Gasteiger partial charge on any atom is 0.401 e. The lowest BCUT2D eigenvalue weighted by Crippen LogP contribution is -2.53. The molecule has 0 radical (unpaired) electrons. The molecular formula is C16H22ClF3N4OS. The lowest BCUT2D eigenvalue weighted by molar-refractivity contribution is -0.143. The number of rotatable bonds is 4. The summed E-state index contributed by atoms with van der Waals surface area (Å²) in [7, 11) is 0. The van der Waals surface area contributed by atoms with Crippen molar-refractivity contribution >= 4 is 29.0 Å². The minimum Gasteiger partial charge on any atom is -0.334 e. The summed E-state index contributed by atoms with van der Waals surface area (Å²) in [4.78, 5) is 18.9. The van der Waals surface area contributed by atoms with Crippen LogP contribution in [0.25, 0.3) is 0 Å². The van der Waals surface area contributed by atoms with Crippen molar-refractivity contribution < 1.29 is 18.0 Å². The van der Waals surface area contributed by atoms with Gasteiger partial charge in [-0.25, -0.2) is 4.79 Å². The molecule has 5 nitrogen and oxygen atoms in total. The van der Waals surface area contributed by atoms with Crippen LogP contribution in [0.15, 0.2) is 12.1 Å². The van der Waals surface area contributed by atoms with E-state index in [9.17, 15) is 18.0 Å². The van der Waals surface area contributed by atoms with Gasteiger partial charge in [0.15, 0.2) is 0 Å². The van der Waals surface area contributed by atoms with Crippen molar-refractivity contribution in [2.75, 3.05) is 45.8 Å². The Morgan fingerprint density at radius 2 is 1.92 bits per heavy atom. The number of amides is 2. The maximum atomic E-state index is 12.4. The standard InChI is InChI=1S/C16H22ClF3N4OS/c17-14-2-1-13(26-14)10-22-5-7-24(8-6-22)15(25)21-12-3-4-23(9-12)11-16(18,19)20/h1-2,12H,3-11H2,(H,21,25). The summed E-state index contributed by atoms with van der Waals surface area (Å²) in [6.07, 6.45) is -3.64. The smallest absolute Gasteiger partial charge is 0.334 e. The molecule has 0 aliphatic carbocycles. The predicted octanol–water partition coefficient (Wildman–Crippen LogP) is 2.87. The van der Waals surface area contributed by atoms with E-state index in [0.717, 1.165) is 24.0 Å². The third-order valence-corrected chi connectivity index (χ3v) is 5.89. The van der Waals surface area contributed by atoms with Gasteiger partial charge in [0.2, 0.25) is 0 Å². The number of halogens is 4. The van der Waals surface area contributed by atoms with Gasteiger partial charge in [-0.3, -0.25) is 9.80 Å². The Balaban J connectivity index is 1.39. The quantitative estimate of drug-likeness (QED) is 0.829. The number of carbonyl (C=O) groups excluding carboxylic acids is 1. The highest BCUT2D eigenvalue weighted by Crippen LogP contribution is 2.23. The summed E-state index contributed by atoms with van der Waals surface area (Å²) in [5.74, 6) is 0. The Hall–Kier alpha value is -1.03. The Kier molecular flexibility index (Phi) is 6.32. The monoisotopic (exact) mass is 410 g/mol. The Labute approximate surface area is 159 Å². The summed E-state index contributed by atoms with van der Waals surface area (Å²) in [6, 6.07) is 3.51. The predicted molar refractivity (Wildman–Crippen MR) is 95.6 cm³/mol. The fraction of sp³-hybridized carbons (Fsp3) is 0.688. The molecule has 26 heavy (non-hydrogen) atoms. The molecule has 1 N–H and O–H groups in total. The van der Waals surface area contributed by atoms with E-state index in [-0.39, 0.29) is 18.6 Å². The SMILES string of the molecule is O=C(NC1CCN(CC(F)(F)F)C1)N1CCN(Cc2ccc(Cl)s2)CC1. The first-order valence-corrected chi connectivity index (χ1v) is 9.79. The first-order valence-electron chi connectivity index (χ1n) is 8.59. The molecule has 2 aliphatic heterocycles. The van der Waals surface area contributed by atoms with Gasteiger partial charge in [0.1, 0.15) is 0 Å². The molecule has 1 atom stereocenters. The molecule has 10 heteroatoms. The average Bonchev–Trinajstić information content (AvgIpc) is 3.15. The average molecular weight is 411 g/mol. The molecule has 3 heterocycles. The number of nitrogens with one attached hydrogen (secondary N) is 1. The van der Waals surface area contributed by atoms with Crippen molar-refractivity contribution in [1.82, 2.24) is 20.0 Å². The zero-order valence-electron chi connectivity index (χ0n) is 14.3. The molecule has 0 bridgehead atoms. The van der Waals surface area contributed by atoms with E-state index in [2.05, 4.69) is 10.2 Å². The summed E-state index contributed by atoms with van der Waals surface area (Å²) >= 11 is 7.50. The van der Waals surface area contributed by atoms with Gasteiger partial charge in [-0.2, -0.15) is 13.2 Å². The third kappa shape index (κ3) is 5.73. The molecule has 2 aliphatic rings. The van der Waals surface area contributed by atoms with Gasteiger partial charge in [-0.15, -0.1) is 11.3 Å². The fourth-order valence-electron chi connectivity index (χ4n) is 3.38. The van der Waals surface area contributed by atoms with Crippen LogP contribution in [0, 0.1) is 0 Å². The van der Waals surface area contributed by atoms with Crippen molar-refractivity contribution in [2.45, 2.75) is 25.2 Å². The van der Waals surface area contributed by atoms with Crippen LogP contribution in [0.1, 0.15) is 11.3 Å². The Morgan fingerprint density at radius 3 is 2.54 bits per heavy atom. The highest BCUT2D eigenvalue weighted by molar-refractivity contribution is 7.16. The molecule has 1 aromatic heterocycles. The zero-order valence-corrected chi connectivity index (χ0v) is 15.8. The lowest BCUT2D eigenvalue weighted by atomic mass is 10.2. The van der Waals surface area contributed by atoms with Gasteiger partial charge in [-0.1, -0.05) is 11.6 Å². The molecule has 1 aromatic rings. The maximum absolute atomic E-state index is 12.4. The number of likely N-dealkylation sites (tertiary alicyclic amines) is 1. The molecule has 146 valence electrons. The van der Waals surface area contributed by atoms with E-state index in [4.69, 9.17) is 11.6 Å². The number of urea groups is 1. The van der Waals surface area contributed by atoms with E-state index < -0.39 is 12.7 Å². The molecular weight excluding hydrogens is 389 g/mol. The molecule has 0 saturated carbocycles. The van der Waals surface area contributed by atoms with Crippen LogP contribution in [0.5, 0.6) is 0 Å². The fourth-order valence-corrected chi connectivity index (χ4v) is 4.51. The van der Waals surface area contributed by atoms with Crippen molar-refractivity contribution in [2.24, 2.45) is 0 Å². The molecule has 2 saturated heterocycles. The number of piperazine rings is 1. The highest BCUT2D eigenvalue weighted by Gasteiger charge is 2.35. The number of thiophene rings is 1. The van der Waals surface area contributed by atoms with Crippen molar-refractivity contribution in [3.8, 4) is 0 Å². The first-order chi connectivity index (χ1) is 12.3. The number of hydrogen-bond donors (Lipinski definition) is 1. The summed E-state index contributed by atoms with van der Waals surface area (Å²) in [6.45, 7) is 3.30. The molecule has 1 unspecified atom stereocenters. The van der Waals surface area contributed by atoms with Crippen LogP contribution in [0.2, 0.25) is 4.34 Å². The summed E-state index contributed by atoms with van der Waals surface area (Å²) in [5, 5.41) is 2.88. The Morgan fingerprint density at radius 1 is 1.19 bits per heavy atom. The molecule has 3 rings (SSSR count). The number of hydrogen-bond acceptors (Lipinski definition) is 4. The van der Waals surface area contributed by atoms with E-state index >= 15 is 0 Å². The van der Waals surface area contributed by atoms with E-state index in [0.29, 0.717) is 26.1 Å². The topological polar surface area (TPSA) is 38.8 Å². The van der Waals surface area contributed by atoms with Crippen LogP contribution >= 0.6 is 22.9 Å².